The van der Waals surface area contributed by atoms with Gasteiger partial charge in [-0.3, -0.25) is 0 Å². The minimum absolute atomic E-state index is 0.0765. The molecule has 1 unspecified atom stereocenters. The minimum atomic E-state index is -0.181. The lowest BCUT2D eigenvalue weighted by Gasteiger charge is -2.25. The molecule has 0 fully saturated rings. The van der Waals surface area contributed by atoms with Gasteiger partial charge in [-0.15, -0.1) is 0 Å². The van der Waals surface area contributed by atoms with E-state index >= 15 is 0 Å². The molecule has 1 aliphatic carbocycles. The predicted molar refractivity (Wildman–Crippen MR) is 210 cm³/mol. The predicted octanol–water partition coefficient (Wildman–Crippen LogP) is 13.4. The van der Waals surface area contributed by atoms with Crippen molar-refractivity contribution in [1.82, 2.24) is 0 Å². The highest BCUT2D eigenvalue weighted by Crippen LogP contribution is 2.54. The molecule has 1 atom stereocenters. The van der Waals surface area contributed by atoms with Crippen molar-refractivity contribution in [2.24, 2.45) is 0 Å². The Morgan fingerprint density at radius 1 is 0.460 bits per heavy atom. The normalized spacial score (nSPS) is 14.0. The Bertz CT molecular complexity index is 2800. The van der Waals surface area contributed by atoms with Gasteiger partial charge in [0.1, 0.15) is 11.2 Å². The van der Waals surface area contributed by atoms with Crippen molar-refractivity contribution in [1.29, 1.82) is 0 Å². The van der Waals surface area contributed by atoms with Crippen molar-refractivity contribution in [3.8, 4) is 22.3 Å². The summed E-state index contributed by atoms with van der Waals surface area (Å²) in [4.78, 5) is 0. The Labute approximate surface area is 292 Å². The van der Waals surface area contributed by atoms with Crippen molar-refractivity contribution in [2.45, 2.75) is 32.1 Å². The number of furan rings is 1. The van der Waals surface area contributed by atoms with E-state index in [1.165, 1.54) is 77.2 Å². The van der Waals surface area contributed by atoms with E-state index in [0.29, 0.717) is 0 Å². The summed E-state index contributed by atoms with van der Waals surface area (Å²) < 4.78 is 6.22. The molecule has 0 bridgehead atoms. The van der Waals surface area contributed by atoms with Crippen LogP contribution in [0.2, 0.25) is 0 Å². The SMILES string of the molecule is Cc1ccc2cc(-c3cc4c(c5ccccc35)-c3ccc(C(c5ccccc5)c5ccc6oc7ccccc7c6c5)cc3C4(C)C)ccc2c1. The van der Waals surface area contributed by atoms with Gasteiger partial charge in [0.05, 0.1) is 0 Å². The van der Waals surface area contributed by atoms with Gasteiger partial charge in [-0.1, -0.05) is 147 Å². The average Bonchev–Trinajstić information content (AvgIpc) is 3.63. The van der Waals surface area contributed by atoms with E-state index < -0.39 is 0 Å². The molecule has 0 N–H and O–H groups in total. The molecule has 1 heterocycles. The van der Waals surface area contributed by atoms with Crippen LogP contribution in [0.15, 0.2) is 162 Å². The van der Waals surface area contributed by atoms with E-state index in [1.807, 2.05) is 6.07 Å². The van der Waals surface area contributed by atoms with Gasteiger partial charge >= 0.3 is 0 Å². The number of hydrogen-bond donors (Lipinski definition) is 0. The van der Waals surface area contributed by atoms with Gasteiger partial charge in [-0.2, -0.15) is 0 Å². The molecule has 1 aromatic heterocycles. The molecule has 0 radical (unpaired) electrons. The number of hydrogen-bond acceptors (Lipinski definition) is 1. The fraction of sp³-hybridized carbons (Fsp3) is 0.102. The molecule has 50 heavy (non-hydrogen) atoms. The third-order valence-electron chi connectivity index (χ3n) is 11.2. The highest BCUT2D eigenvalue weighted by atomic mass is 16.3. The summed E-state index contributed by atoms with van der Waals surface area (Å²) in [5.74, 6) is 0.0765. The summed E-state index contributed by atoms with van der Waals surface area (Å²) in [5.41, 5.74) is 14.9. The van der Waals surface area contributed by atoms with Crippen LogP contribution in [0, 0.1) is 6.92 Å². The van der Waals surface area contributed by atoms with Crippen molar-refractivity contribution >= 4 is 43.5 Å². The monoisotopic (exact) mass is 640 g/mol. The number of para-hydroxylation sites is 1. The second-order valence-electron chi connectivity index (χ2n) is 14.6. The third kappa shape index (κ3) is 4.33. The first-order valence-corrected chi connectivity index (χ1v) is 17.6. The average molecular weight is 641 g/mol. The lowest BCUT2D eigenvalue weighted by molar-refractivity contribution is 0.659. The number of fused-ring (bicyclic) bond motifs is 9. The van der Waals surface area contributed by atoms with Gasteiger partial charge in [0.2, 0.25) is 0 Å². The molecule has 1 heteroatoms. The highest BCUT2D eigenvalue weighted by Gasteiger charge is 2.38. The van der Waals surface area contributed by atoms with Crippen LogP contribution in [0.5, 0.6) is 0 Å². The number of benzene rings is 8. The fourth-order valence-corrected chi connectivity index (χ4v) is 8.70. The van der Waals surface area contributed by atoms with Gasteiger partial charge in [0.15, 0.2) is 0 Å². The Kier molecular flexibility index (Phi) is 6.27. The smallest absolute Gasteiger partial charge is 0.135 e. The van der Waals surface area contributed by atoms with Crippen LogP contribution in [0.4, 0.5) is 0 Å². The lowest BCUT2D eigenvalue weighted by Crippen LogP contribution is -2.16. The van der Waals surface area contributed by atoms with Crippen LogP contribution in [-0.2, 0) is 5.41 Å². The zero-order chi connectivity index (χ0) is 33.6. The maximum absolute atomic E-state index is 6.22. The van der Waals surface area contributed by atoms with E-state index in [0.717, 1.165) is 21.9 Å². The van der Waals surface area contributed by atoms with Gasteiger partial charge in [-0.05, 0) is 109 Å². The van der Waals surface area contributed by atoms with Crippen molar-refractivity contribution in [3.05, 3.63) is 191 Å². The van der Waals surface area contributed by atoms with Crippen LogP contribution in [-0.4, -0.2) is 0 Å². The minimum Gasteiger partial charge on any atom is -0.456 e. The van der Waals surface area contributed by atoms with E-state index in [9.17, 15) is 0 Å². The summed E-state index contributed by atoms with van der Waals surface area (Å²) >= 11 is 0. The molecule has 0 amide bonds. The highest BCUT2D eigenvalue weighted by molar-refractivity contribution is 6.10. The Morgan fingerprint density at radius 3 is 2.00 bits per heavy atom. The van der Waals surface area contributed by atoms with Crippen molar-refractivity contribution in [3.63, 3.8) is 0 Å². The molecule has 10 rings (SSSR count). The van der Waals surface area contributed by atoms with Crippen molar-refractivity contribution in [2.75, 3.05) is 0 Å². The molecule has 238 valence electrons. The van der Waals surface area contributed by atoms with E-state index in [4.69, 9.17) is 4.42 Å². The van der Waals surface area contributed by atoms with E-state index in [1.54, 1.807) is 0 Å². The molecule has 0 aliphatic heterocycles. The number of aryl methyl sites for hydroxylation is 1. The lowest BCUT2D eigenvalue weighted by atomic mass is 9.78. The summed E-state index contributed by atoms with van der Waals surface area (Å²) in [6.07, 6.45) is 0. The molecule has 1 aliphatic rings. The molecule has 0 spiro atoms. The van der Waals surface area contributed by atoms with Gasteiger partial charge in [0.25, 0.3) is 0 Å². The van der Waals surface area contributed by atoms with Crippen LogP contribution >= 0.6 is 0 Å². The Balaban J connectivity index is 1.16. The standard InChI is InChI=1S/C49H36O/c1-30-17-18-33-26-34(20-19-32(33)25-30)41-29-44-48(39-15-8-7-13-37(39)41)40-23-21-36(28-43(40)49(44,2)3)47(31-11-5-4-6-12-31)35-22-24-46-42(27-35)38-14-9-10-16-45(38)50-46/h4-29,47H,1-3H3. The first-order valence-electron chi connectivity index (χ1n) is 17.6. The second kappa shape index (κ2) is 10.8. The first-order chi connectivity index (χ1) is 24.4. The van der Waals surface area contributed by atoms with E-state index in [2.05, 4.69) is 172 Å². The van der Waals surface area contributed by atoms with Gasteiger partial charge in [0, 0.05) is 22.1 Å². The second-order valence-corrected chi connectivity index (χ2v) is 14.6. The van der Waals surface area contributed by atoms with Crippen LogP contribution in [0.25, 0.3) is 65.7 Å². The summed E-state index contributed by atoms with van der Waals surface area (Å²) in [7, 11) is 0. The Morgan fingerprint density at radius 2 is 1.14 bits per heavy atom. The zero-order valence-corrected chi connectivity index (χ0v) is 28.5. The first kappa shape index (κ1) is 29.0. The van der Waals surface area contributed by atoms with Crippen LogP contribution in [0.1, 0.15) is 53.1 Å². The maximum atomic E-state index is 6.22. The molecule has 9 aromatic rings. The molecular formula is C49H36O. The fourth-order valence-electron chi connectivity index (χ4n) is 8.70. The molecular weight excluding hydrogens is 605 g/mol. The largest absolute Gasteiger partial charge is 0.456 e. The number of rotatable bonds is 4. The molecule has 8 aromatic carbocycles. The van der Waals surface area contributed by atoms with Crippen molar-refractivity contribution < 1.29 is 4.42 Å². The van der Waals surface area contributed by atoms with Crippen LogP contribution < -0.4 is 0 Å². The summed E-state index contributed by atoms with van der Waals surface area (Å²) in [6.45, 7) is 6.98. The Hall–Kier alpha value is -5.92. The zero-order valence-electron chi connectivity index (χ0n) is 28.5. The summed E-state index contributed by atoms with van der Waals surface area (Å²) in [5, 5.41) is 7.50. The molecule has 1 nitrogen and oxygen atoms in total. The molecule has 0 saturated carbocycles. The maximum Gasteiger partial charge on any atom is 0.135 e. The quantitative estimate of drug-likeness (QED) is 0.175. The third-order valence-corrected chi connectivity index (χ3v) is 11.2. The van der Waals surface area contributed by atoms with Gasteiger partial charge in [-0.25, -0.2) is 0 Å². The van der Waals surface area contributed by atoms with E-state index in [-0.39, 0.29) is 11.3 Å². The van der Waals surface area contributed by atoms with Crippen LogP contribution in [0.3, 0.4) is 0 Å². The molecule has 0 saturated heterocycles. The summed E-state index contributed by atoms with van der Waals surface area (Å²) in [6, 6.07) is 58.4. The van der Waals surface area contributed by atoms with Gasteiger partial charge < -0.3 is 4.42 Å². The topological polar surface area (TPSA) is 13.1 Å².